The minimum Gasteiger partial charge on any atom is -0.357 e. The molecule has 2 aromatic carbocycles. The van der Waals surface area contributed by atoms with Crippen LogP contribution in [0.3, 0.4) is 0 Å². The maximum atomic E-state index is 14.6. The fourth-order valence-electron chi connectivity index (χ4n) is 3.34. The summed E-state index contributed by atoms with van der Waals surface area (Å²) >= 11 is 6.07. The highest BCUT2D eigenvalue weighted by Crippen LogP contribution is 2.26. The Hall–Kier alpha value is -2.86. The number of aromatic nitrogens is 1. The molecule has 0 bridgehead atoms. The van der Waals surface area contributed by atoms with E-state index in [1.807, 2.05) is 25.1 Å². The zero-order chi connectivity index (χ0) is 19.7. The number of benzene rings is 2. The summed E-state index contributed by atoms with van der Waals surface area (Å²) in [7, 11) is 0. The number of hydrogen-bond acceptors (Lipinski definition) is 3. The maximum Gasteiger partial charge on any atom is 0.323 e. The van der Waals surface area contributed by atoms with E-state index in [9.17, 15) is 9.18 Å². The summed E-state index contributed by atoms with van der Waals surface area (Å²) in [5.41, 5.74) is 2.15. The number of aryl methyl sites for hydroxylation is 1. The van der Waals surface area contributed by atoms with Crippen LogP contribution in [0.4, 0.5) is 26.4 Å². The number of hydrogen-bond donors (Lipinski definition) is 2. The van der Waals surface area contributed by atoms with Crippen molar-refractivity contribution in [2.75, 3.05) is 28.6 Å². The van der Waals surface area contributed by atoms with Crippen molar-refractivity contribution in [3.05, 3.63) is 58.9 Å². The summed E-state index contributed by atoms with van der Waals surface area (Å²) in [6.07, 6.45) is 2.26. The molecule has 1 aliphatic heterocycles. The van der Waals surface area contributed by atoms with Crippen molar-refractivity contribution in [2.45, 2.75) is 19.8 Å². The van der Waals surface area contributed by atoms with Crippen LogP contribution in [0.25, 0.3) is 10.9 Å². The van der Waals surface area contributed by atoms with Gasteiger partial charge >= 0.3 is 6.03 Å². The normalized spacial score (nSPS) is 13.8. The molecule has 0 saturated carbocycles. The number of nitrogens with zero attached hydrogens (tertiary/aromatic N) is 2. The number of carbonyl (C=O) groups excluding carboxylic acids is 1. The van der Waals surface area contributed by atoms with E-state index in [4.69, 9.17) is 11.6 Å². The number of amides is 2. The topological polar surface area (TPSA) is 57.3 Å². The zero-order valence-electron chi connectivity index (χ0n) is 15.4. The van der Waals surface area contributed by atoms with Crippen molar-refractivity contribution < 1.29 is 9.18 Å². The monoisotopic (exact) mass is 398 g/mol. The standard InChI is InChI=1S/C21H20ClFN4O/c1-13-4-6-15(11-17(13)22)24-21(28)25-16-10-14-5-7-19(27-8-2-3-9-27)26-20(14)18(23)12-16/h4-7,10-12H,2-3,8-9H2,1H3,(H2,24,25,28). The van der Waals surface area contributed by atoms with Gasteiger partial charge in [0.1, 0.15) is 11.3 Å². The van der Waals surface area contributed by atoms with Crippen molar-refractivity contribution in [3.63, 3.8) is 0 Å². The Morgan fingerprint density at radius 3 is 2.57 bits per heavy atom. The third-order valence-electron chi connectivity index (χ3n) is 4.85. The van der Waals surface area contributed by atoms with E-state index in [2.05, 4.69) is 20.5 Å². The first-order valence-electron chi connectivity index (χ1n) is 9.19. The van der Waals surface area contributed by atoms with Crippen LogP contribution in [0.2, 0.25) is 5.02 Å². The molecule has 4 rings (SSSR count). The minimum atomic E-state index is -0.472. The first-order valence-corrected chi connectivity index (χ1v) is 9.57. The third kappa shape index (κ3) is 3.87. The molecule has 2 heterocycles. The van der Waals surface area contributed by atoms with Gasteiger partial charge in [0, 0.05) is 34.9 Å². The number of anilines is 3. The summed E-state index contributed by atoms with van der Waals surface area (Å²) in [6, 6.07) is 11.5. The predicted molar refractivity (Wildman–Crippen MR) is 112 cm³/mol. The second-order valence-corrected chi connectivity index (χ2v) is 7.34. The smallest absolute Gasteiger partial charge is 0.323 e. The lowest BCUT2D eigenvalue weighted by Crippen LogP contribution is -2.20. The molecule has 144 valence electrons. The van der Waals surface area contributed by atoms with E-state index >= 15 is 0 Å². The van der Waals surface area contributed by atoms with Gasteiger partial charge in [-0.2, -0.15) is 0 Å². The van der Waals surface area contributed by atoms with Crippen molar-refractivity contribution >= 4 is 45.7 Å². The Balaban J connectivity index is 1.52. The van der Waals surface area contributed by atoms with Crippen LogP contribution >= 0.6 is 11.6 Å². The van der Waals surface area contributed by atoms with Crippen LogP contribution in [0.1, 0.15) is 18.4 Å². The van der Waals surface area contributed by atoms with E-state index in [0.29, 0.717) is 27.3 Å². The average Bonchev–Trinajstić information content (AvgIpc) is 3.19. The summed E-state index contributed by atoms with van der Waals surface area (Å²) in [6.45, 7) is 3.78. The maximum absolute atomic E-state index is 14.6. The van der Waals surface area contributed by atoms with Crippen molar-refractivity contribution in [1.29, 1.82) is 0 Å². The van der Waals surface area contributed by atoms with Crippen LogP contribution < -0.4 is 15.5 Å². The molecule has 5 nitrogen and oxygen atoms in total. The van der Waals surface area contributed by atoms with E-state index in [0.717, 1.165) is 37.3 Å². The number of rotatable bonds is 3. The number of nitrogens with one attached hydrogen (secondary N) is 2. The average molecular weight is 399 g/mol. The molecule has 1 aliphatic rings. The van der Waals surface area contributed by atoms with Crippen molar-refractivity contribution in [1.82, 2.24) is 4.98 Å². The van der Waals surface area contributed by atoms with Gasteiger partial charge in [0.2, 0.25) is 0 Å². The molecule has 1 saturated heterocycles. The largest absolute Gasteiger partial charge is 0.357 e. The first kappa shape index (κ1) is 18.5. The molecule has 0 radical (unpaired) electrons. The Bertz CT molecular complexity index is 1050. The van der Waals surface area contributed by atoms with Crippen LogP contribution in [-0.2, 0) is 0 Å². The summed E-state index contributed by atoms with van der Waals surface area (Å²) < 4.78 is 14.6. The fourth-order valence-corrected chi connectivity index (χ4v) is 3.52. The lowest BCUT2D eigenvalue weighted by Gasteiger charge is -2.17. The van der Waals surface area contributed by atoms with Gasteiger partial charge in [0.05, 0.1) is 0 Å². The van der Waals surface area contributed by atoms with E-state index in [1.165, 1.54) is 6.07 Å². The van der Waals surface area contributed by atoms with Gasteiger partial charge in [-0.25, -0.2) is 14.2 Å². The van der Waals surface area contributed by atoms with E-state index < -0.39 is 11.8 Å². The molecule has 2 N–H and O–H groups in total. The number of fused-ring (bicyclic) bond motifs is 1. The second-order valence-electron chi connectivity index (χ2n) is 6.94. The SMILES string of the molecule is Cc1ccc(NC(=O)Nc2cc(F)c3nc(N4CCCC4)ccc3c2)cc1Cl. The van der Waals surface area contributed by atoms with Gasteiger partial charge in [-0.3, -0.25) is 0 Å². The lowest BCUT2D eigenvalue weighted by atomic mass is 10.2. The molecular formula is C21H20ClFN4O. The molecule has 7 heteroatoms. The Kier molecular flexibility index (Phi) is 5.05. The third-order valence-corrected chi connectivity index (χ3v) is 5.26. The van der Waals surface area contributed by atoms with E-state index in [-0.39, 0.29) is 0 Å². The Labute approximate surface area is 167 Å². The highest BCUT2D eigenvalue weighted by atomic mass is 35.5. The number of halogens is 2. The zero-order valence-corrected chi connectivity index (χ0v) is 16.2. The van der Waals surface area contributed by atoms with Gasteiger partial charge < -0.3 is 15.5 Å². The van der Waals surface area contributed by atoms with Crippen molar-refractivity contribution in [2.24, 2.45) is 0 Å². The number of pyridine rings is 1. The van der Waals surface area contributed by atoms with Gasteiger partial charge in [-0.1, -0.05) is 17.7 Å². The Morgan fingerprint density at radius 2 is 1.82 bits per heavy atom. The quantitative estimate of drug-likeness (QED) is 0.605. The van der Waals surface area contributed by atoms with Crippen LogP contribution in [-0.4, -0.2) is 24.1 Å². The molecule has 28 heavy (non-hydrogen) atoms. The van der Waals surface area contributed by atoms with Crippen LogP contribution in [0.15, 0.2) is 42.5 Å². The van der Waals surface area contributed by atoms with Crippen LogP contribution in [0, 0.1) is 12.7 Å². The molecule has 2 amide bonds. The molecular weight excluding hydrogens is 379 g/mol. The fraction of sp³-hybridized carbons (Fsp3) is 0.238. The molecule has 0 unspecified atom stereocenters. The van der Waals surface area contributed by atoms with Crippen LogP contribution in [0.5, 0.6) is 0 Å². The van der Waals surface area contributed by atoms with Gasteiger partial charge in [0.15, 0.2) is 5.82 Å². The minimum absolute atomic E-state index is 0.306. The number of carbonyl (C=O) groups is 1. The van der Waals surface area contributed by atoms with Crippen molar-refractivity contribution in [3.8, 4) is 0 Å². The molecule has 0 aliphatic carbocycles. The molecule has 0 spiro atoms. The first-order chi connectivity index (χ1) is 13.5. The molecule has 1 aromatic heterocycles. The lowest BCUT2D eigenvalue weighted by molar-refractivity contribution is 0.262. The summed E-state index contributed by atoms with van der Waals surface area (Å²) in [5, 5.41) is 6.55. The highest BCUT2D eigenvalue weighted by Gasteiger charge is 2.15. The molecule has 3 aromatic rings. The molecule has 1 fully saturated rings. The second kappa shape index (κ2) is 7.64. The van der Waals surface area contributed by atoms with Gasteiger partial charge in [0.25, 0.3) is 0 Å². The highest BCUT2D eigenvalue weighted by molar-refractivity contribution is 6.31. The van der Waals surface area contributed by atoms with Gasteiger partial charge in [-0.15, -0.1) is 0 Å². The van der Waals surface area contributed by atoms with E-state index in [1.54, 1.807) is 18.2 Å². The summed E-state index contributed by atoms with van der Waals surface area (Å²) in [4.78, 5) is 18.9. The summed E-state index contributed by atoms with van der Waals surface area (Å²) in [5.74, 6) is 0.325. The molecule has 0 atom stereocenters. The number of urea groups is 1. The van der Waals surface area contributed by atoms with Gasteiger partial charge in [-0.05, 0) is 61.7 Å². The predicted octanol–water partition coefficient (Wildman–Crippen LogP) is 5.58. The Morgan fingerprint density at radius 1 is 1.07 bits per heavy atom.